The van der Waals surface area contributed by atoms with Crippen LogP contribution in [0.4, 0.5) is 10.8 Å². The number of nitrogens with one attached hydrogen (secondary N) is 1. The van der Waals surface area contributed by atoms with Crippen molar-refractivity contribution in [2.24, 2.45) is 5.92 Å². The van der Waals surface area contributed by atoms with Crippen molar-refractivity contribution < 1.29 is 9.53 Å². The van der Waals surface area contributed by atoms with Crippen molar-refractivity contribution in [2.75, 3.05) is 30.4 Å². The van der Waals surface area contributed by atoms with Gasteiger partial charge in [0.05, 0.1) is 23.2 Å². The van der Waals surface area contributed by atoms with Gasteiger partial charge in [0.25, 0.3) is 0 Å². The molecule has 3 aromatic rings. The third-order valence-corrected chi connectivity index (χ3v) is 7.04. The van der Waals surface area contributed by atoms with Crippen LogP contribution in [-0.4, -0.2) is 31.1 Å². The van der Waals surface area contributed by atoms with E-state index in [0.29, 0.717) is 6.54 Å². The van der Waals surface area contributed by atoms with Gasteiger partial charge in [-0.15, -0.1) is 0 Å². The minimum absolute atomic E-state index is 0.0424. The summed E-state index contributed by atoms with van der Waals surface area (Å²) < 4.78 is 7.45. The number of carbonyl (C=O) groups is 1. The van der Waals surface area contributed by atoms with Gasteiger partial charge in [0.2, 0.25) is 5.91 Å². The fraction of sp³-hybridized carbons (Fsp3) is 0.333. The molecule has 2 aromatic carbocycles. The maximum absolute atomic E-state index is 12.8. The fourth-order valence-electron chi connectivity index (χ4n) is 3.49. The number of aromatic nitrogens is 1. The number of aryl methyl sites for hydroxylation is 1. The molecule has 1 aromatic heterocycles. The lowest BCUT2D eigenvalue weighted by Crippen LogP contribution is -2.40. The Morgan fingerprint density at radius 2 is 2.18 bits per heavy atom. The third kappa shape index (κ3) is 4.00. The van der Waals surface area contributed by atoms with Gasteiger partial charge in [0.15, 0.2) is 5.13 Å². The zero-order chi connectivity index (χ0) is 19.7. The van der Waals surface area contributed by atoms with Crippen molar-refractivity contribution in [3.05, 3.63) is 46.4 Å². The molecule has 5 nitrogen and oxygen atoms in total. The lowest BCUT2D eigenvalue weighted by Gasteiger charge is -2.31. The van der Waals surface area contributed by atoms with Gasteiger partial charge < -0.3 is 15.0 Å². The smallest absolute Gasteiger partial charge is 0.229 e. The predicted molar refractivity (Wildman–Crippen MR) is 119 cm³/mol. The largest absolute Gasteiger partial charge is 0.497 e. The van der Waals surface area contributed by atoms with Gasteiger partial charge in [-0.1, -0.05) is 27.3 Å². The molecule has 1 aliphatic rings. The molecule has 4 rings (SSSR count). The first kappa shape index (κ1) is 19.2. The van der Waals surface area contributed by atoms with Crippen LogP contribution in [0.15, 0.2) is 40.9 Å². The fourth-order valence-corrected chi connectivity index (χ4v) is 4.76. The van der Waals surface area contributed by atoms with E-state index in [1.165, 1.54) is 0 Å². The van der Waals surface area contributed by atoms with Crippen molar-refractivity contribution >= 4 is 54.2 Å². The average molecular weight is 460 g/mol. The Bertz CT molecular complexity index is 1020. The predicted octanol–water partition coefficient (Wildman–Crippen LogP) is 5.23. The van der Waals surface area contributed by atoms with Crippen molar-refractivity contribution in [2.45, 2.75) is 19.8 Å². The van der Waals surface area contributed by atoms with Crippen LogP contribution in [0.1, 0.15) is 18.4 Å². The molecule has 1 amide bonds. The lowest BCUT2D eigenvalue weighted by atomic mass is 9.97. The summed E-state index contributed by atoms with van der Waals surface area (Å²) in [6, 6.07) is 11.8. The highest BCUT2D eigenvalue weighted by Crippen LogP contribution is 2.33. The Kier molecular flexibility index (Phi) is 5.55. The highest BCUT2D eigenvalue weighted by Gasteiger charge is 2.27. The Balaban J connectivity index is 1.47. The maximum atomic E-state index is 12.8. The van der Waals surface area contributed by atoms with Crippen LogP contribution in [0.25, 0.3) is 10.2 Å². The monoisotopic (exact) mass is 459 g/mol. The number of fused-ring (bicyclic) bond motifs is 1. The Morgan fingerprint density at radius 1 is 1.32 bits per heavy atom. The quantitative estimate of drug-likeness (QED) is 0.579. The van der Waals surface area contributed by atoms with Crippen LogP contribution in [0.2, 0.25) is 0 Å². The van der Waals surface area contributed by atoms with Crippen LogP contribution in [-0.2, 0) is 4.79 Å². The summed E-state index contributed by atoms with van der Waals surface area (Å²) in [5, 5.41) is 4.05. The summed E-state index contributed by atoms with van der Waals surface area (Å²) in [6.07, 6.45) is 1.88. The van der Waals surface area contributed by atoms with E-state index in [4.69, 9.17) is 9.72 Å². The number of ether oxygens (including phenoxy) is 1. The molecule has 0 spiro atoms. The lowest BCUT2D eigenvalue weighted by molar-refractivity contribution is -0.120. The Morgan fingerprint density at radius 3 is 2.96 bits per heavy atom. The molecule has 7 heteroatoms. The molecule has 0 saturated carbocycles. The molecule has 146 valence electrons. The number of methoxy groups -OCH3 is 1. The molecule has 28 heavy (non-hydrogen) atoms. The number of hydrogen-bond donors (Lipinski definition) is 1. The first-order valence-corrected chi connectivity index (χ1v) is 10.9. The number of amides is 1. The minimum Gasteiger partial charge on any atom is -0.497 e. The van der Waals surface area contributed by atoms with Gasteiger partial charge in [0, 0.05) is 23.2 Å². The summed E-state index contributed by atoms with van der Waals surface area (Å²) in [5.74, 6) is 0.872. The van der Waals surface area contributed by atoms with E-state index in [1.807, 2.05) is 43.3 Å². The summed E-state index contributed by atoms with van der Waals surface area (Å²) in [7, 11) is 1.67. The summed E-state index contributed by atoms with van der Waals surface area (Å²) >= 11 is 5.15. The molecule has 1 aliphatic heterocycles. The third-order valence-electron chi connectivity index (χ3n) is 5.07. The van der Waals surface area contributed by atoms with E-state index in [-0.39, 0.29) is 11.8 Å². The van der Waals surface area contributed by atoms with Crippen molar-refractivity contribution in [3.8, 4) is 5.75 Å². The second-order valence-corrected chi connectivity index (χ2v) is 8.93. The second kappa shape index (κ2) is 8.09. The number of carbonyl (C=O) groups excluding carboxylic acids is 1. The molecule has 0 radical (unpaired) electrons. The maximum Gasteiger partial charge on any atom is 0.229 e. The number of piperidine rings is 1. The SMILES string of the molecule is COc1ccc2nc(N3CCCC(C(=O)Nc4ccc(Br)c(C)c4)C3)sc2c1. The van der Waals surface area contributed by atoms with Crippen molar-refractivity contribution in [1.82, 2.24) is 4.98 Å². The minimum atomic E-state index is -0.0424. The highest BCUT2D eigenvalue weighted by atomic mass is 79.9. The average Bonchev–Trinajstić information content (AvgIpc) is 3.14. The summed E-state index contributed by atoms with van der Waals surface area (Å²) in [5.41, 5.74) is 2.92. The van der Waals surface area contributed by atoms with Crippen molar-refractivity contribution in [3.63, 3.8) is 0 Å². The molecule has 1 unspecified atom stereocenters. The Hall–Kier alpha value is -2.12. The number of thiazole rings is 1. The zero-order valence-corrected chi connectivity index (χ0v) is 18.3. The normalized spacial score (nSPS) is 17.0. The van der Waals surface area contributed by atoms with Crippen LogP contribution in [0, 0.1) is 12.8 Å². The second-order valence-electron chi connectivity index (χ2n) is 7.07. The molecule has 2 heterocycles. The van der Waals surface area contributed by atoms with Crippen LogP contribution >= 0.6 is 27.3 Å². The molecule has 1 N–H and O–H groups in total. The van der Waals surface area contributed by atoms with E-state index in [1.54, 1.807) is 18.4 Å². The van der Waals surface area contributed by atoms with Gasteiger partial charge in [-0.25, -0.2) is 4.98 Å². The van der Waals surface area contributed by atoms with E-state index >= 15 is 0 Å². The first-order valence-electron chi connectivity index (χ1n) is 9.30. The number of anilines is 2. The van der Waals surface area contributed by atoms with Gasteiger partial charge >= 0.3 is 0 Å². The molecule has 0 aliphatic carbocycles. The number of rotatable bonds is 4. The first-order chi connectivity index (χ1) is 13.5. The number of benzene rings is 2. The van der Waals surface area contributed by atoms with Crippen LogP contribution < -0.4 is 15.0 Å². The van der Waals surface area contributed by atoms with Crippen LogP contribution in [0.3, 0.4) is 0 Å². The molecule has 1 fully saturated rings. The number of halogens is 1. The van der Waals surface area contributed by atoms with Gasteiger partial charge in [-0.05, 0) is 61.7 Å². The summed E-state index contributed by atoms with van der Waals surface area (Å²) in [6.45, 7) is 3.64. The molecular formula is C21H22BrN3O2S. The molecular weight excluding hydrogens is 438 g/mol. The highest BCUT2D eigenvalue weighted by molar-refractivity contribution is 9.10. The number of hydrogen-bond acceptors (Lipinski definition) is 5. The van der Waals surface area contributed by atoms with E-state index in [9.17, 15) is 4.79 Å². The van der Waals surface area contributed by atoms with E-state index in [0.717, 1.165) is 56.2 Å². The van der Waals surface area contributed by atoms with Crippen molar-refractivity contribution in [1.29, 1.82) is 0 Å². The molecule has 0 bridgehead atoms. The molecule has 1 atom stereocenters. The molecule has 1 saturated heterocycles. The summed E-state index contributed by atoms with van der Waals surface area (Å²) in [4.78, 5) is 19.8. The van der Waals surface area contributed by atoms with E-state index in [2.05, 4.69) is 26.1 Å². The van der Waals surface area contributed by atoms with Gasteiger partial charge in [-0.2, -0.15) is 0 Å². The zero-order valence-electron chi connectivity index (χ0n) is 15.9. The standard InChI is InChI=1S/C21H22BrN3O2S/c1-13-10-15(5-7-17(13)22)23-20(26)14-4-3-9-25(12-14)21-24-18-8-6-16(27-2)11-19(18)28-21/h5-8,10-11,14H,3-4,9,12H2,1-2H3,(H,23,26). The van der Waals surface area contributed by atoms with Gasteiger partial charge in [0.1, 0.15) is 5.75 Å². The number of nitrogens with zero attached hydrogens (tertiary/aromatic N) is 2. The Labute approximate surface area is 176 Å². The topological polar surface area (TPSA) is 54.5 Å². The van der Waals surface area contributed by atoms with Crippen LogP contribution in [0.5, 0.6) is 5.75 Å². The van der Waals surface area contributed by atoms with Gasteiger partial charge in [-0.3, -0.25) is 4.79 Å². The van der Waals surface area contributed by atoms with E-state index < -0.39 is 0 Å².